The summed E-state index contributed by atoms with van der Waals surface area (Å²) in [5, 5.41) is 11.8. The molecule has 0 saturated heterocycles. The van der Waals surface area contributed by atoms with Crippen LogP contribution >= 0.6 is 0 Å². The molecule has 4 nitrogen and oxygen atoms in total. The van der Waals surface area contributed by atoms with E-state index in [1.54, 1.807) is 12.1 Å². The van der Waals surface area contributed by atoms with Crippen molar-refractivity contribution in [3.63, 3.8) is 0 Å². The summed E-state index contributed by atoms with van der Waals surface area (Å²) in [5.74, 6) is -0.921. The highest BCUT2D eigenvalue weighted by Gasteiger charge is 2.05. The fourth-order valence-electron chi connectivity index (χ4n) is 1.21. The van der Waals surface area contributed by atoms with Gasteiger partial charge < -0.3 is 16.2 Å². The number of rotatable bonds is 4. The minimum Gasteiger partial charge on any atom is -0.478 e. The van der Waals surface area contributed by atoms with Crippen LogP contribution in [-0.4, -0.2) is 24.7 Å². The van der Waals surface area contributed by atoms with E-state index in [1.165, 1.54) is 6.07 Å². The summed E-state index contributed by atoms with van der Waals surface area (Å²) in [6.45, 7) is 0.785. The first-order valence-corrected chi connectivity index (χ1v) is 4.41. The van der Waals surface area contributed by atoms with Crippen LogP contribution in [0.15, 0.2) is 18.2 Å². The molecule has 0 amide bonds. The topological polar surface area (TPSA) is 75.3 Å². The van der Waals surface area contributed by atoms with Crippen molar-refractivity contribution in [3.8, 4) is 0 Å². The molecule has 0 bridgehead atoms. The van der Waals surface area contributed by atoms with Crippen LogP contribution in [0.1, 0.15) is 15.9 Å². The summed E-state index contributed by atoms with van der Waals surface area (Å²) in [6, 6.07) is 4.77. The first-order chi connectivity index (χ1) is 6.65. The molecule has 1 rings (SSSR count). The van der Waals surface area contributed by atoms with Gasteiger partial charge in [0.05, 0.1) is 5.56 Å². The molecule has 4 heteroatoms. The van der Waals surface area contributed by atoms with E-state index < -0.39 is 5.97 Å². The van der Waals surface area contributed by atoms with Gasteiger partial charge in [-0.3, -0.25) is 0 Å². The third kappa shape index (κ3) is 2.47. The summed E-state index contributed by atoms with van der Waals surface area (Å²) in [4.78, 5) is 10.7. The van der Waals surface area contributed by atoms with Gasteiger partial charge in [0.1, 0.15) is 0 Å². The zero-order valence-corrected chi connectivity index (χ0v) is 8.08. The molecule has 1 aromatic rings. The Bertz CT molecular complexity index is 337. The molecule has 0 spiro atoms. The molecule has 14 heavy (non-hydrogen) atoms. The molecule has 0 saturated carbocycles. The lowest BCUT2D eigenvalue weighted by atomic mass is 10.1. The average Bonchev–Trinajstić information content (AvgIpc) is 2.16. The van der Waals surface area contributed by atoms with Crippen LogP contribution in [0, 0.1) is 0 Å². The summed E-state index contributed by atoms with van der Waals surface area (Å²) in [5.41, 5.74) is 7.51. The number of carboxylic acid groups (broad SMARTS) is 1. The standard InChI is InChI=1S/C10H14N2O2/c1-12-5-4-7-6-8(10(13)14)2-3-9(7)11/h2-3,6,12H,4-5,11H2,1H3,(H,13,14). The normalized spacial score (nSPS) is 10.1. The van der Waals surface area contributed by atoms with Crippen LogP contribution in [0.2, 0.25) is 0 Å². The van der Waals surface area contributed by atoms with Crippen LogP contribution in [0.25, 0.3) is 0 Å². The Labute approximate surface area is 82.7 Å². The predicted molar refractivity (Wildman–Crippen MR) is 55.4 cm³/mol. The number of carboxylic acids is 1. The lowest BCUT2D eigenvalue weighted by Crippen LogP contribution is -2.12. The Kier molecular flexibility index (Phi) is 3.48. The highest BCUT2D eigenvalue weighted by molar-refractivity contribution is 5.88. The molecule has 0 aliphatic rings. The van der Waals surface area contributed by atoms with E-state index in [4.69, 9.17) is 10.8 Å². The van der Waals surface area contributed by atoms with Crippen molar-refractivity contribution in [3.05, 3.63) is 29.3 Å². The molecule has 1 aromatic carbocycles. The first-order valence-electron chi connectivity index (χ1n) is 4.41. The molecule has 0 aromatic heterocycles. The molecule has 0 aliphatic carbocycles. The maximum atomic E-state index is 10.7. The third-order valence-electron chi connectivity index (χ3n) is 2.03. The van der Waals surface area contributed by atoms with Crippen molar-refractivity contribution in [2.24, 2.45) is 0 Å². The second-order valence-corrected chi connectivity index (χ2v) is 3.07. The van der Waals surface area contributed by atoms with Gasteiger partial charge in [-0.1, -0.05) is 0 Å². The van der Waals surface area contributed by atoms with Gasteiger partial charge in [-0.25, -0.2) is 4.79 Å². The summed E-state index contributed by atoms with van der Waals surface area (Å²) < 4.78 is 0. The van der Waals surface area contributed by atoms with E-state index in [-0.39, 0.29) is 5.56 Å². The second kappa shape index (κ2) is 4.62. The Morgan fingerprint density at radius 1 is 1.57 bits per heavy atom. The Hall–Kier alpha value is -1.55. The number of nitrogens with one attached hydrogen (secondary N) is 1. The largest absolute Gasteiger partial charge is 0.478 e. The van der Waals surface area contributed by atoms with Crippen LogP contribution in [0.4, 0.5) is 5.69 Å². The number of likely N-dealkylation sites (N-methyl/N-ethyl adjacent to an activating group) is 1. The monoisotopic (exact) mass is 194 g/mol. The lowest BCUT2D eigenvalue weighted by molar-refractivity contribution is 0.0697. The van der Waals surface area contributed by atoms with Gasteiger partial charge in [0.2, 0.25) is 0 Å². The SMILES string of the molecule is CNCCc1cc(C(=O)O)ccc1N. The quantitative estimate of drug-likeness (QED) is 0.618. The van der Waals surface area contributed by atoms with Gasteiger partial charge in [0.15, 0.2) is 0 Å². The van der Waals surface area contributed by atoms with Gasteiger partial charge in [-0.15, -0.1) is 0 Å². The first kappa shape index (κ1) is 10.5. The molecule has 0 unspecified atom stereocenters. The van der Waals surface area contributed by atoms with Crippen LogP contribution in [-0.2, 0) is 6.42 Å². The van der Waals surface area contributed by atoms with Crippen molar-refractivity contribution in [2.75, 3.05) is 19.3 Å². The van der Waals surface area contributed by atoms with E-state index in [1.807, 2.05) is 7.05 Å². The van der Waals surface area contributed by atoms with Crippen molar-refractivity contribution in [1.29, 1.82) is 0 Å². The Morgan fingerprint density at radius 3 is 2.86 bits per heavy atom. The van der Waals surface area contributed by atoms with Gasteiger partial charge >= 0.3 is 5.97 Å². The molecule has 0 fully saturated rings. The molecular formula is C10H14N2O2. The van der Waals surface area contributed by atoms with E-state index >= 15 is 0 Å². The number of nitrogen functional groups attached to an aromatic ring is 1. The Balaban J connectivity index is 2.90. The predicted octanol–water partition coefficient (Wildman–Crippen LogP) is 0.729. The zero-order chi connectivity index (χ0) is 10.6. The number of hydrogen-bond acceptors (Lipinski definition) is 3. The molecular weight excluding hydrogens is 180 g/mol. The number of aromatic carboxylic acids is 1. The summed E-state index contributed by atoms with van der Waals surface area (Å²) >= 11 is 0. The maximum Gasteiger partial charge on any atom is 0.335 e. The minimum absolute atomic E-state index is 0.283. The van der Waals surface area contributed by atoms with Crippen LogP contribution in [0.3, 0.4) is 0 Å². The van der Waals surface area contributed by atoms with Crippen LogP contribution < -0.4 is 11.1 Å². The molecule has 76 valence electrons. The van der Waals surface area contributed by atoms with Crippen molar-refractivity contribution in [2.45, 2.75) is 6.42 Å². The van der Waals surface area contributed by atoms with E-state index in [0.717, 1.165) is 18.5 Å². The molecule has 0 atom stereocenters. The summed E-state index contributed by atoms with van der Waals surface area (Å²) in [7, 11) is 1.84. The summed E-state index contributed by atoms with van der Waals surface area (Å²) in [6.07, 6.45) is 0.740. The molecule has 0 aliphatic heterocycles. The lowest BCUT2D eigenvalue weighted by Gasteiger charge is -2.06. The van der Waals surface area contributed by atoms with Crippen molar-refractivity contribution in [1.82, 2.24) is 5.32 Å². The molecule has 0 heterocycles. The highest BCUT2D eigenvalue weighted by Crippen LogP contribution is 2.14. The zero-order valence-electron chi connectivity index (χ0n) is 8.08. The number of benzene rings is 1. The van der Waals surface area contributed by atoms with E-state index in [2.05, 4.69) is 5.32 Å². The smallest absolute Gasteiger partial charge is 0.335 e. The number of hydrogen-bond donors (Lipinski definition) is 3. The molecule has 4 N–H and O–H groups in total. The van der Waals surface area contributed by atoms with Gasteiger partial charge in [-0.2, -0.15) is 0 Å². The maximum absolute atomic E-state index is 10.7. The number of anilines is 1. The number of nitrogens with two attached hydrogens (primary N) is 1. The Morgan fingerprint density at radius 2 is 2.29 bits per heavy atom. The fraction of sp³-hybridized carbons (Fsp3) is 0.300. The average molecular weight is 194 g/mol. The highest BCUT2D eigenvalue weighted by atomic mass is 16.4. The van der Waals surface area contributed by atoms with Gasteiger partial charge in [0, 0.05) is 5.69 Å². The third-order valence-corrected chi connectivity index (χ3v) is 2.03. The number of carbonyl (C=O) groups is 1. The van der Waals surface area contributed by atoms with Crippen LogP contribution in [0.5, 0.6) is 0 Å². The molecule has 0 radical (unpaired) electrons. The van der Waals surface area contributed by atoms with Crippen molar-refractivity contribution >= 4 is 11.7 Å². The van der Waals surface area contributed by atoms with E-state index in [9.17, 15) is 4.79 Å². The minimum atomic E-state index is -0.921. The fourth-order valence-corrected chi connectivity index (χ4v) is 1.21. The second-order valence-electron chi connectivity index (χ2n) is 3.07. The van der Waals surface area contributed by atoms with Gasteiger partial charge in [-0.05, 0) is 43.8 Å². The van der Waals surface area contributed by atoms with Gasteiger partial charge in [0.25, 0.3) is 0 Å². The van der Waals surface area contributed by atoms with E-state index in [0.29, 0.717) is 5.69 Å². The van der Waals surface area contributed by atoms with Crippen molar-refractivity contribution < 1.29 is 9.90 Å².